The smallest absolute Gasteiger partial charge is 0.338 e. The van der Waals surface area contributed by atoms with Gasteiger partial charge in [-0.3, -0.25) is 0 Å². The van der Waals surface area contributed by atoms with Gasteiger partial charge in [-0.25, -0.2) is 4.79 Å². The van der Waals surface area contributed by atoms with Gasteiger partial charge in [0.25, 0.3) is 0 Å². The van der Waals surface area contributed by atoms with Crippen LogP contribution in [0.3, 0.4) is 0 Å². The summed E-state index contributed by atoms with van der Waals surface area (Å²) in [6.45, 7) is 1.77. The van der Waals surface area contributed by atoms with E-state index in [0.717, 1.165) is 5.56 Å². The van der Waals surface area contributed by atoms with Gasteiger partial charge < -0.3 is 9.94 Å². The summed E-state index contributed by atoms with van der Waals surface area (Å²) < 4.78 is 4.60. The number of esters is 1. The molecule has 0 saturated carbocycles. The van der Waals surface area contributed by atoms with Gasteiger partial charge in [-0.1, -0.05) is 17.3 Å². The molecule has 0 amide bonds. The van der Waals surface area contributed by atoms with Crippen molar-refractivity contribution in [3.8, 4) is 0 Å². The zero-order valence-electron chi connectivity index (χ0n) is 8.02. The van der Waals surface area contributed by atoms with Gasteiger partial charge in [0.1, 0.15) is 0 Å². The minimum absolute atomic E-state index is 0.393. The number of hydrogen-bond donors (Lipinski definition) is 1. The Morgan fingerprint density at radius 2 is 2.29 bits per heavy atom. The second kappa shape index (κ2) is 4.41. The highest BCUT2D eigenvalue weighted by atomic mass is 16.5. The molecule has 1 aromatic carbocycles. The zero-order valence-corrected chi connectivity index (χ0v) is 8.02. The Morgan fingerprint density at radius 3 is 2.86 bits per heavy atom. The second-order valence-corrected chi connectivity index (χ2v) is 2.76. The van der Waals surface area contributed by atoms with Crippen LogP contribution in [0.5, 0.6) is 0 Å². The summed E-state index contributed by atoms with van der Waals surface area (Å²) in [7, 11) is 1.33. The number of carbonyl (C=O) groups is 1. The fraction of sp³-hybridized carbons (Fsp3) is 0.200. The Labute approximate surface area is 81.8 Å². The molecule has 4 nitrogen and oxygen atoms in total. The number of methoxy groups -OCH3 is 1. The lowest BCUT2D eigenvalue weighted by Gasteiger charge is -2.05. The lowest BCUT2D eigenvalue weighted by Crippen LogP contribution is -2.05. The molecular weight excluding hydrogens is 182 g/mol. The molecule has 1 rings (SSSR count). The van der Waals surface area contributed by atoms with Gasteiger partial charge in [-0.15, -0.1) is 0 Å². The molecule has 0 saturated heterocycles. The third-order valence-electron chi connectivity index (χ3n) is 1.98. The highest BCUT2D eigenvalue weighted by Gasteiger charge is 2.10. The van der Waals surface area contributed by atoms with Crippen molar-refractivity contribution in [1.82, 2.24) is 0 Å². The van der Waals surface area contributed by atoms with E-state index in [1.807, 2.05) is 0 Å². The SMILES string of the molecule is COC(=O)c1cccc(C=NO)c1C. The first-order valence-corrected chi connectivity index (χ1v) is 4.06. The first kappa shape index (κ1) is 10.2. The third-order valence-corrected chi connectivity index (χ3v) is 1.98. The molecule has 0 aromatic heterocycles. The maximum Gasteiger partial charge on any atom is 0.338 e. The van der Waals surface area contributed by atoms with Crippen LogP contribution in [0.2, 0.25) is 0 Å². The van der Waals surface area contributed by atoms with E-state index in [0.29, 0.717) is 11.1 Å². The largest absolute Gasteiger partial charge is 0.465 e. The lowest BCUT2D eigenvalue weighted by atomic mass is 10.0. The fourth-order valence-electron chi connectivity index (χ4n) is 1.19. The van der Waals surface area contributed by atoms with Crippen LogP contribution in [0.15, 0.2) is 23.4 Å². The van der Waals surface area contributed by atoms with Crippen molar-refractivity contribution in [2.75, 3.05) is 7.11 Å². The molecule has 0 aliphatic carbocycles. The maximum absolute atomic E-state index is 11.3. The highest BCUT2D eigenvalue weighted by Crippen LogP contribution is 2.12. The molecule has 1 aromatic rings. The minimum Gasteiger partial charge on any atom is -0.465 e. The van der Waals surface area contributed by atoms with Crippen LogP contribution in [0.1, 0.15) is 21.5 Å². The van der Waals surface area contributed by atoms with E-state index in [1.165, 1.54) is 13.3 Å². The van der Waals surface area contributed by atoms with Crippen LogP contribution >= 0.6 is 0 Å². The fourth-order valence-corrected chi connectivity index (χ4v) is 1.19. The Balaban J connectivity index is 3.20. The monoisotopic (exact) mass is 193 g/mol. The number of oxime groups is 1. The van der Waals surface area contributed by atoms with Crippen molar-refractivity contribution >= 4 is 12.2 Å². The van der Waals surface area contributed by atoms with Gasteiger partial charge in [-0.2, -0.15) is 0 Å². The standard InChI is InChI=1S/C10H11NO3/c1-7-8(6-11-13)4-3-5-9(7)10(12)14-2/h3-6,13H,1-2H3. The van der Waals surface area contributed by atoms with E-state index >= 15 is 0 Å². The molecule has 0 aliphatic rings. The third kappa shape index (κ3) is 1.90. The highest BCUT2D eigenvalue weighted by molar-refractivity contribution is 5.94. The van der Waals surface area contributed by atoms with Crippen molar-refractivity contribution in [3.05, 3.63) is 34.9 Å². The maximum atomic E-state index is 11.3. The molecule has 0 bridgehead atoms. The van der Waals surface area contributed by atoms with E-state index in [2.05, 4.69) is 9.89 Å². The molecule has 0 heterocycles. The van der Waals surface area contributed by atoms with Crippen LogP contribution in [-0.4, -0.2) is 24.5 Å². The summed E-state index contributed by atoms with van der Waals surface area (Å²) in [6, 6.07) is 5.12. The molecule has 0 spiro atoms. The van der Waals surface area contributed by atoms with Crippen molar-refractivity contribution in [2.45, 2.75) is 6.92 Å². The normalized spacial score (nSPS) is 10.4. The van der Waals surface area contributed by atoms with Crippen molar-refractivity contribution in [1.29, 1.82) is 0 Å². The average Bonchev–Trinajstić information content (AvgIpc) is 2.20. The number of benzene rings is 1. The number of hydrogen-bond acceptors (Lipinski definition) is 4. The molecule has 0 radical (unpaired) electrons. The molecule has 0 aliphatic heterocycles. The van der Waals surface area contributed by atoms with Crippen LogP contribution in [0, 0.1) is 6.92 Å². The predicted molar refractivity (Wildman–Crippen MR) is 51.9 cm³/mol. The van der Waals surface area contributed by atoms with Crippen LogP contribution in [-0.2, 0) is 4.74 Å². The molecule has 4 heteroatoms. The van der Waals surface area contributed by atoms with Gasteiger partial charge in [0.2, 0.25) is 0 Å². The molecule has 0 unspecified atom stereocenters. The summed E-state index contributed by atoms with van der Waals surface area (Å²) in [4.78, 5) is 11.3. The number of rotatable bonds is 2. The Kier molecular flexibility index (Phi) is 3.23. The average molecular weight is 193 g/mol. The molecular formula is C10H11NO3. The van der Waals surface area contributed by atoms with Crippen molar-refractivity contribution < 1.29 is 14.7 Å². The second-order valence-electron chi connectivity index (χ2n) is 2.76. The Hall–Kier alpha value is -1.84. The topological polar surface area (TPSA) is 58.9 Å². The Morgan fingerprint density at radius 1 is 1.57 bits per heavy atom. The zero-order chi connectivity index (χ0) is 10.6. The predicted octanol–water partition coefficient (Wildman–Crippen LogP) is 1.59. The van der Waals surface area contributed by atoms with E-state index in [1.54, 1.807) is 25.1 Å². The molecule has 1 N–H and O–H groups in total. The summed E-state index contributed by atoms with van der Waals surface area (Å²) in [5.74, 6) is -0.393. The Bertz CT molecular complexity index is 372. The molecule has 74 valence electrons. The molecule has 0 fully saturated rings. The lowest BCUT2D eigenvalue weighted by molar-refractivity contribution is 0.0600. The first-order valence-electron chi connectivity index (χ1n) is 4.06. The first-order chi connectivity index (χ1) is 6.70. The van der Waals surface area contributed by atoms with E-state index in [4.69, 9.17) is 5.21 Å². The van der Waals surface area contributed by atoms with E-state index in [-0.39, 0.29) is 0 Å². The minimum atomic E-state index is -0.393. The summed E-state index contributed by atoms with van der Waals surface area (Å²) in [5.41, 5.74) is 1.90. The van der Waals surface area contributed by atoms with Crippen molar-refractivity contribution in [2.24, 2.45) is 5.16 Å². The van der Waals surface area contributed by atoms with Gasteiger partial charge >= 0.3 is 5.97 Å². The van der Waals surface area contributed by atoms with Gasteiger partial charge in [0, 0.05) is 0 Å². The number of ether oxygens (including phenoxy) is 1. The molecule has 0 atom stereocenters. The van der Waals surface area contributed by atoms with Crippen LogP contribution < -0.4 is 0 Å². The molecule has 14 heavy (non-hydrogen) atoms. The number of nitrogens with zero attached hydrogens (tertiary/aromatic N) is 1. The van der Waals surface area contributed by atoms with Crippen molar-refractivity contribution in [3.63, 3.8) is 0 Å². The van der Waals surface area contributed by atoms with Crippen LogP contribution in [0.25, 0.3) is 0 Å². The summed E-state index contributed by atoms with van der Waals surface area (Å²) in [5, 5.41) is 11.3. The van der Waals surface area contributed by atoms with E-state index in [9.17, 15) is 4.79 Å². The van der Waals surface area contributed by atoms with Crippen LogP contribution in [0.4, 0.5) is 0 Å². The van der Waals surface area contributed by atoms with Gasteiger partial charge in [0.15, 0.2) is 0 Å². The summed E-state index contributed by atoms with van der Waals surface area (Å²) >= 11 is 0. The quantitative estimate of drug-likeness (QED) is 0.336. The van der Waals surface area contributed by atoms with E-state index < -0.39 is 5.97 Å². The van der Waals surface area contributed by atoms with Gasteiger partial charge in [0.05, 0.1) is 18.9 Å². The number of carbonyl (C=O) groups excluding carboxylic acids is 1. The summed E-state index contributed by atoms with van der Waals surface area (Å²) in [6.07, 6.45) is 1.28. The van der Waals surface area contributed by atoms with Gasteiger partial charge in [-0.05, 0) is 24.1 Å².